The highest BCUT2D eigenvalue weighted by atomic mass is 35.5. The van der Waals surface area contributed by atoms with Gasteiger partial charge in [-0.05, 0) is 56.5 Å². The van der Waals surface area contributed by atoms with Crippen LogP contribution in [-0.4, -0.2) is 36.5 Å². The van der Waals surface area contributed by atoms with Crippen molar-refractivity contribution < 1.29 is 9.59 Å². The number of carbonyl (C=O) groups excluding carboxylic acids is 2. The maximum Gasteiger partial charge on any atom is 0.251 e. The van der Waals surface area contributed by atoms with Crippen LogP contribution in [0.1, 0.15) is 44.0 Å². The third kappa shape index (κ3) is 5.21. The fourth-order valence-electron chi connectivity index (χ4n) is 2.91. The van der Waals surface area contributed by atoms with Gasteiger partial charge in [-0.15, -0.1) is 0 Å². The third-order valence-corrected chi connectivity index (χ3v) is 4.56. The number of hydrogen-bond acceptors (Lipinski definition) is 3. The van der Waals surface area contributed by atoms with Crippen LogP contribution >= 0.6 is 11.6 Å². The van der Waals surface area contributed by atoms with Crippen LogP contribution in [0.2, 0.25) is 5.02 Å². The van der Waals surface area contributed by atoms with Crippen LogP contribution < -0.4 is 16.0 Å². The van der Waals surface area contributed by atoms with Crippen LogP contribution in [-0.2, 0) is 4.79 Å². The van der Waals surface area contributed by atoms with E-state index in [-0.39, 0.29) is 23.8 Å². The van der Waals surface area contributed by atoms with Crippen molar-refractivity contribution in [3.8, 4) is 0 Å². The van der Waals surface area contributed by atoms with Crippen molar-refractivity contribution >= 4 is 23.4 Å². The largest absolute Gasteiger partial charge is 0.351 e. The van der Waals surface area contributed by atoms with E-state index in [0.717, 1.165) is 19.4 Å². The summed E-state index contributed by atoms with van der Waals surface area (Å²) in [5.41, 5.74) is 0.494. The number of piperidine rings is 1. The topological polar surface area (TPSA) is 70.2 Å². The van der Waals surface area contributed by atoms with Gasteiger partial charge < -0.3 is 16.0 Å². The van der Waals surface area contributed by atoms with Gasteiger partial charge in [-0.1, -0.05) is 25.4 Å². The van der Waals surface area contributed by atoms with Crippen LogP contribution in [0.4, 0.5) is 0 Å². The number of halogens is 1. The predicted octanol–water partition coefficient (Wildman–Crippen LogP) is 2.35. The van der Waals surface area contributed by atoms with Crippen molar-refractivity contribution in [3.05, 3.63) is 34.9 Å². The molecule has 1 aromatic rings. The number of amides is 2. The van der Waals surface area contributed by atoms with Crippen molar-refractivity contribution in [2.24, 2.45) is 5.92 Å². The van der Waals surface area contributed by atoms with Crippen LogP contribution in [0, 0.1) is 5.92 Å². The van der Waals surface area contributed by atoms with Gasteiger partial charge in [0.25, 0.3) is 5.91 Å². The molecule has 2 amide bonds. The lowest BCUT2D eigenvalue weighted by molar-refractivity contribution is -0.124. The Kier molecular flexibility index (Phi) is 6.63. The van der Waals surface area contributed by atoms with Gasteiger partial charge in [-0.3, -0.25) is 9.59 Å². The van der Waals surface area contributed by atoms with Gasteiger partial charge in [0.2, 0.25) is 5.91 Å². The number of carbonyl (C=O) groups is 2. The number of rotatable bonds is 5. The Hall–Kier alpha value is -1.59. The molecule has 1 aliphatic heterocycles. The minimum absolute atomic E-state index is 0.000360. The monoisotopic (exact) mass is 351 g/mol. The standard InChI is InChI=1S/C18H26ClN3O2/c1-11(2)16(18(24)21-15-8-9-20-12(3)10-15)22-17(23)13-4-6-14(19)7-5-13/h4-7,11-12,15-16,20H,8-10H2,1-3H3,(H,21,24)(H,22,23). The molecule has 132 valence electrons. The van der Waals surface area contributed by atoms with E-state index < -0.39 is 6.04 Å². The summed E-state index contributed by atoms with van der Waals surface area (Å²) in [6.45, 7) is 6.87. The van der Waals surface area contributed by atoms with Gasteiger partial charge in [0.15, 0.2) is 0 Å². The highest BCUT2D eigenvalue weighted by molar-refractivity contribution is 6.30. The van der Waals surface area contributed by atoms with E-state index in [1.807, 2.05) is 13.8 Å². The highest BCUT2D eigenvalue weighted by Gasteiger charge is 2.28. The van der Waals surface area contributed by atoms with Gasteiger partial charge in [-0.25, -0.2) is 0 Å². The van der Waals surface area contributed by atoms with Crippen LogP contribution in [0.3, 0.4) is 0 Å². The zero-order chi connectivity index (χ0) is 17.7. The van der Waals surface area contributed by atoms with Crippen molar-refractivity contribution in [1.29, 1.82) is 0 Å². The minimum atomic E-state index is -0.557. The molecule has 5 nitrogen and oxygen atoms in total. The van der Waals surface area contributed by atoms with Crippen molar-refractivity contribution in [2.75, 3.05) is 6.54 Å². The molecule has 3 atom stereocenters. The molecule has 2 rings (SSSR count). The second-order valence-electron chi connectivity index (χ2n) is 6.79. The summed E-state index contributed by atoms with van der Waals surface area (Å²) >= 11 is 5.84. The average molecular weight is 352 g/mol. The summed E-state index contributed by atoms with van der Waals surface area (Å²) in [5.74, 6) is -0.383. The molecule has 24 heavy (non-hydrogen) atoms. The molecule has 3 unspecified atom stereocenters. The second kappa shape index (κ2) is 8.49. The molecule has 1 aromatic carbocycles. The van der Waals surface area contributed by atoms with E-state index in [9.17, 15) is 9.59 Å². The molecule has 1 saturated heterocycles. The lowest BCUT2D eigenvalue weighted by atomic mass is 9.98. The summed E-state index contributed by atoms with van der Waals surface area (Å²) in [6, 6.07) is 6.63. The lowest BCUT2D eigenvalue weighted by Crippen LogP contribution is -2.54. The maximum atomic E-state index is 12.6. The Labute approximate surface area is 148 Å². The van der Waals surface area contributed by atoms with Gasteiger partial charge >= 0.3 is 0 Å². The van der Waals surface area contributed by atoms with Gasteiger partial charge in [0.1, 0.15) is 6.04 Å². The molecular formula is C18H26ClN3O2. The molecule has 1 fully saturated rings. The summed E-state index contributed by atoms with van der Waals surface area (Å²) in [4.78, 5) is 25.0. The van der Waals surface area contributed by atoms with Crippen LogP contribution in [0.25, 0.3) is 0 Å². The zero-order valence-corrected chi connectivity index (χ0v) is 15.2. The van der Waals surface area contributed by atoms with Gasteiger partial charge in [0, 0.05) is 22.7 Å². The summed E-state index contributed by atoms with van der Waals surface area (Å²) in [7, 11) is 0. The second-order valence-corrected chi connectivity index (χ2v) is 7.22. The predicted molar refractivity (Wildman–Crippen MR) is 96.2 cm³/mol. The van der Waals surface area contributed by atoms with E-state index in [4.69, 9.17) is 11.6 Å². The van der Waals surface area contributed by atoms with E-state index in [1.165, 1.54) is 0 Å². The van der Waals surface area contributed by atoms with Crippen molar-refractivity contribution in [3.63, 3.8) is 0 Å². The van der Waals surface area contributed by atoms with E-state index in [2.05, 4.69) is 22.9 Å². The first kappa shape index (κ1) is 18.7. The Balaban J connectivity index is 1.98. The van der Waals surface area contributed by atoms with Crippen LogP contribution in [0.15, 0.2) is 24.3 Å². The molecular weight excluding hydrogens is 326 g/mol. The molecule has 0 bridgehead atoms. The smallest absolute Gasteiger partial charge is 0.251 e. The fraction of sp³-hybridized carbons (Fsp3) is 0.556. The fourth-order valence-corrected chi connectivity index (χ4v) is 3.04. The maximum absolute atomic E-state index is 12.6. The van der Waals surface area contributed by atoms with Gasteiger partial charge in [0.05, 0.1) is 0 Å². The molecule has 1 heterocycles. The first-order chi connectivity index (χ1) is 11.4. The Morgan fingerprint density at radius 3 is 2.50 bits per heavy atom. The molecule has 0 aliphatic carbocycles. The quantitative estimate of drug-likeness (QED) is 0.762. The van der Waals surface area contributed by atoms with E-state index in [1.54, 1.807) is 24.3 Å². The first-order valence-electron chi connectivity index (χ1n) is 8.47. The Morgan fingerprint density at radius 1 is 1.25 bits per heavy atom. The van der Waals surface area contributed by atoms with E-state index >= 15 is 0 Å². The summed E-state index contributed by atoms with van der Waals surface area (Å²) < 4.78 is 0. The molecule has 6 heteroatoms. The first-order valence-corrected chi connectivity index (χ1v) is 8.84. The molecule has 1 aliphatic rings. The molecule has 0 radical (unpaired) electrons. The van der Waals surface area contributed by atoms with E-state index in [0.29, 0.717) is 16.6 Å². The third-order valence-electron chi connectivity index (χ3n) is 4.31. The Bertz CT molecular complexity index is 574. The van der Waals surface area contributed by atoms with Crippen molar-refractivity contribution in [2.45, 2.75) is 51.7 Å². The summed E-state index contributed by atoms with van der Waals surface area (Å²) in [5, 5.41) is 9.86. The molecule has 3 N–H and O–H groups in total. The molecule has 0 spiro atoms. The SMILES string of the molecule is CC1CC(NC(=O)C(NC(=O)c2ccc(Cl)cc2)C(C)C)CCN1. The minimum Gasteiger partial charge on any atom is -0.351 e. The Morgan fingerprint density at radius 2 is 1.92 bits per heavy atom. The van der Waals surface area contributed by atoms with Crippen molar-refractivity contribution in [1.82, 2.24) is 16.0 Å². The van der Waals surface area contributed by atoms with Gasteiger partial charge in [-0.2, -0.15) is 0 Å². The molecule has 0 aromatic heterocycles. The molecule has 0 saturated carbocycles. The number of hydrogen-bond donors (Lipinski definition) is 3. The van der Waals surface area contributed by atoms with Crippen LogP contribution in [0.5, 0.6) is 0 Å². The average Bonchev–Trinajstić information content (AvgIpc) is 2.52. The number of nitrogens with one attached hydrogen (secondary N) is 3. The highest BCUT2D eigenvalue weighted by Crippen LogP contribution is 2.12. The zero-order valence-electron chi connectivity index (χ0n) is 14.4. The lowest BCUT2D eigenvalue weighted by Gasteiger charge is -2.31. The normalized spacial score (nSPS) is 22.0. The summed E-state index contributed by atoms with van der Waals surface area (Å²) in [6.07, 6.45) is 1.81. The number of benzene rings is 1.